The summed E-state index contributed by atoms with van der Waals surface area (Å²) in [5.41, 5.74) is 4.71. The van der Waals surface area contributed by atoms with Crippen molar-refractivity contribution in [3.05, 3.63) is 77.1 Å². The van der Waals surface area contributed by atoms with Crippen molar-refractivity contribution in [2.24, 2.45) is 0 Å². The fourth-order valence-corrected chi connectivity index (χ4v) is 4.59. The van der Waals surface area contributed by atoms with Gasteiger partial charge in [0.15, 0.2) is 16.6 Å². The van der Waals surface area contributed by atoms with E-state index in [0.717, 1.165) is 21.3 Å². The monoisotopic (exact) mass is 431 g/mol. The minimum Gasteiger partial charge on any atom is -0.486 e. The number of aromatic nitrogens is 2. The highest BCUT2D eigenvalue weighted by Gasteiger charge is 2.24. The minimum absolute atomic E-state index is 0.144. The molecular formula is C24H21N3O3S. The summed E-state index contributed by atoms with van der Waals surface area (Å²) in [6.45, 7) is 5.49. The van der Waals surface area contributed by atoms with Gasteiger partial charge in [-0.15, -0.1) is 0 Å². The van der Waals surface area contributed by atoms with Gasteiger partial charge in [0, 0.05) is 18.0 Å². The van der Waals surface area contributed by atoms with Crippen molar-refractivity contribution < 1.29 is 14.3 Å². The smallest absolute Gasteiger partial charge is 0.260 e. The predicted molar refractivity (Wildman–Crippen MR) is 121 cm³/mol. The molecule has 0 unspecified atom stereocenters. The van der Waals surface area contributed by atoms with Gasteiger partial charge in [0.25, 0.3) is 5.91 Å². The van der Waals surface area contributed by atoms with E-state index in [1.165, 1.54) is 16.9 Å². The molecule has 0 radical (unpaired) electrons. The van der Waals surface area contributed by atoms with Gasteiger partial charge in [0.2, 0.25) is 0 Å². The molecule has 1 aliphatic rings. The van der Waals surface area contributed by atoms with Crippen molar-refractivity contribution in [1.29, 1.82) is 0 Å². The fourth-order valence-electron chi connectivity index (χ4n) is 3.56. The molecule has 0 fully saturated rings. The second-order valence-corrected chi connectivity index (χ2v) is 8.47. The van der Waals surface area contributed by atoms with Crippen molar-refractivity contribution >= 4 is 32.6 Å². The number of fused-ring (bicyclic) bond motifs is 2. The number of aryl methyl sites for hydroxylation is 2. The summed E-state index contributed by atoms with van der Waals surface area (Å²) in [4.78, 5) is 24.4. The third kappa shape index (κ3) is 3.72. The van der Waals surface area contributed by atoms with Crippen LogP contribution in [0.2, 0.25) is 0 Å². The van der Waals surface area contributed by atoms with Crippen molar-refractivity contribution in [3.63, 3.8) is 0 Å². The molecule has 2 aromatic carbocycles. The normalized spacial score (nSPS) is 12.7. The lowest BCUT2D eigenvalue weighted by atomic mass is 10.1. The highest BCUT2D eigenvalue weighted by molar-refractivity contribution is 7.22. The van der Waals surface area contributed by atoms with Crippen LogP contribution >= 0.6 is 11.3 Å². The summed E-state index contributed by atoms with van der Waals surface area (Å²) in [7, 11) is 0. The third-order valence-electron chi connectivity index (χ3n) is 5.40. The van der Waals surface area contributed by atoms with Crippen LogP contribution < -0.4 is 14.4 Å². The third-order valence-corrected chi connectivity index (χ3v) is 6.45. The molecule has 6 nitrogen and oxygen atoms in total. The molecule has 0 atom stereocenters. The molecule has 0 aliphatic carbocycles. The van der Waals surface area contributed by atoms with Crippen LogP contribution in [0.25, 0.3) is 10.2 Å². The average molecular weight is 432 g/mol. The Morgan fingerprint density at radius 3 is 2.74 bits per heavy atom. The molecule has 0 N–H and O–H groups in total. The van der Waals surface area contributed by atoms with Gasteiger partial charge in [-0.05, 0) is 60.9 Å². The second-order valence-electron chi connectivity index (χ2n) is 7.46. The van der Waals surface area contributed by atoms with Crippen LogP contribution in [-0.4, -0.2) is 29.1 Å². The van der Waals surface area contributed by atoms with Gasteiger partial charge in [-0.25, -0.2) is 4.98 Å². The quantitative estimate of drug-likeness (QED) is 0.459. The van der Waals surface area contributed by atoms with Gasteiger partial charge < -0.3 is 9.47 Å². The summed E-state index contributed by atoms with van der Waals surface area (Å²) in [5, 5.41) is 0.660. The van der Waals surface area contributed by atoms with E-state index in [0.29, 0.717) is 42.0 Å². The van der Waals surface area contributed by atoms with E-state index in [1.54, 1.807) is 35.5 Å². The predicted octanol–water partition coefficient (Wildman–Crippen LogP) is 4.93. The SMILES string of the molecule is Cc1ccc2sc(N(Cc3cccnc3)C(=O)c3ccc4c(c3)OCCO4)nc2c1C. The fraction of sp³-hybridized carbons (Fsp3) is 0.208. The van der Waals surface area contributed by atoms with E-state index in [1.807, 2.05) is 12.1 Å². The zero-order valence-corrected chi connectivity index (χ0v) is 18.1. The van der Waals surface area contributed by atoms with E-state index in [4.69, 9.17) is 14.5 Å². The Balaban J connectivity index is 1.57. The molecule has 0 bridgehead atoms. The van der Waals surface area contributed by atoms with Gasteiger partial charge >= 0.3 is 0 Å². The number of pyridine rings is 1. The highest BCUT2D eigenvalue weighted by Crippen LogP contribution is 2.35. The number of hydrogen-bond donors (Lipinski definition) is 0. The van der Waals surface area contributed by atoms with E-state index >= 15 is 0 Å². The molecule has 1 amide bonds. The van der Waals surface area contributed by atoms with Crippen LogP contribution in [0.4, 0.5) is 5.13 Å². The molecule has 1 aliphatic heterocycles. The maximum atomic E-state index is 13.6. The maximum absolute atomic E-state index is 13.6. The van der Waals surface area contributed by atoms with E-state index in [9.17, 15) is 4.79 Å². The summed E-state index contributed by atoms with van der Waals surface area (Å²) in [6.07, 6.45) is 3.49. The highest BCUT2D eigenvalue weighted by atomic mass is 32.1. The standard InChI is InChI=1S/C24H21N3O3S/c1-15-5-8-21-22(16(15)2)26-24(31-21)27(14-17-4-3-9-25-13-17)23(28)18-6-7-19-20(12-18)30-11-10-29-19/h3-9,12-13H,10-11,14H2,1-2H3. The Bertz CT molecular complexity index is 1270. The molecule has 0 saturated carbocycles. The van der Waals surface area contributed by atoms with Crippen LogP contribution in [0, 0.1) is 13.8 Å². The average Bonchev–Trinajstić information content (AvgIpc) is 3.25. The topological polar surface area (TPSA) is 64.6 Å². The lowest BCUT2D eigenvalue weighted by molar-refractivity contribution is 0.0984. The van der Waals surface area contributed by atoms with Crippen LogP contribution in [0.5, 0.6) is 11.5 Å². The van der Waals surface area contributed by atoms with Crippen molar-refractivity contribution in [3.8, 4) is 11.5 Å². The molecule has 0 spiro atoms. The van der Waals surface area contributed by atoms with Gasteiger partial charge in [-0.3, -0.25) is 14.7 Å². The first kappa shape index (κ1) is 19.5. The molecule has 4 aromatic rings. The van der Waals surface area contributed by atoms with E-state index < -0.39 is 0 Å². The number of anilines is 1. The molecule has 31 heavy (non-hydrogen) atoms. The number of carbonyl (C=O) groups is 1. The van der Waals surface area contributed by atoms with E-state index in [2.05, 4.69) is 31.0 Å². The number of ether oxygens (including phenoxy) is 2. The van der Waals surface area contributed by atoms with Crippen molar-refractivity contribution in [1.82, 2.24) is 9.97 Å². The summed E-state index contributed by atoms with van der Waals surface area (Å²) >= 11 is 1.52. The van der Waals surface area contributed by atoms with Gasteiger partial charge in [0.1, 0.15) is 13.2 Å². The van der Waals surface area contributed by atoms with Gasteiger partial charge in [0.05, 0.1) is 16.8 Å². The Morgan fingerprint density at radius 1 is 1.10 bits per heavy atom. The summed E-state index contributed by atoms with van der Waals surface area (Å²) in [5.74, 6) is 1.11. The largest absolute Gasteiger partial charge is 0.486 e. The Hall–Kier alpha value is -3.45. The Kier molecular flexibility index (Phi) is 5.03. The number of rotatable bonds is 4. The molecule has 156 valence electrons. The number of amides is 1. The molecular weight excluding hydrogens is 410 g/mol. The van der Waals surface area contributed by atoms with Crippen LogP contribution in [-0.2, 0) is 6.54 Å². The zero-order chi connectivity index (χ0) is 21.4. The first-order valence-corrected chi connectivity index (χ1v) is 10.9. The molecule has 7 heteroatoms. The van der Waals surface area contributed by atoms with Gasteiger partial charge in [-0.1, -0.05) is 23.5 Å². The lowest BCUT2D eigenvalue weighted by Gasteiger charge is -2.22. The number of hydrogen-bond acceptors (Lipinski definition) is 6. The van der Waals surface area contributed by atoms with Crippen LogP contribution in [0.1, 0.15) is 27.0 Å². The molecule has 2 aromatic heterocycles. The number of benzene rings is 2. The summed E-state index contributed by atoms with van der Waals surface area (Å²) in [6, 6.07) is 13.3. The summed E-state index contributed by atoms with van der Waals surface area (Å²) < 4.78 is 12.3. The molecule has 3 heterocycles. The number of thiazole rings is 1. The van der Waals surface area contributed by atoms with Gasteiger partial charge in [-0.2, -0.15) is 0 Å². The van der Waals surface area contributed by atoms with E-state index in [-0.39, 0.29) is 5.91 Å². The lowest BCUT2D eigenvalue weighted by Crippen LogP contribution is -2.30. The molecule has 5 rings (SSSR count). The number of carbonyl (C=O) groups excluding carboxylic acids is 1. The Labute approximate surface area is 184 Å². The zero-order valence-electron chi connectivity index (χ0n) is 17.3. The van der Waals surface area contributed by atoms with Crippen molar-refractivity contribution in [2.45, 2.75) is 20.4 Å². The minimum atomic E-state index is -0.144. The van der Waals surface area contributed by atoms with Crippen molar-refractivity contribution in [2.75, 3.05) is 18.1 Å². The van der Waals surface area contributed by atoms with Crippen LogP contribution in [0.15, 0.2) is 54.9 Å². The first-order chi connectivity index (χ1) is 15.1. The first-order valence-electron chi connectivity index (χ1n) is 10.1. The maximum Gasteiger partial charge on any atom is 0.260 e. The Morgan fingerprint density at radius 2 is 1.94 bits per heavy atom. The van der Waals surface area contributed by atoms with Crippen LogP contribution in [0.3, 0.4) is 0 Å². The second kappa shape index (κ2) is 8.00. The molecule has 0 saturated heterocycles. The number of nitrogens with zero attached hydrogens (tertiary/aromatic N) is 3.